The molecule has 0 spiro atoms. The van der Waals surface area contributed by atoms with Gasteiger partial charge in [-0.3, -0.25) is 0 Å². The van der Waals surface area contributed by atoms with Crippen LogP contribution in [-0.2, 0) is 4.74 Å². The third-order valence-corrected chi connectivity index (χ3v) is 11.0. The van der Waals surface area contributed by atoms with Crippen molar-refractivity contribution in [1.82, 2.24) is 0 Å². The molecule has 11 atom stereocenters. The zero-order valence-corrected chi connectivity index (χ0v) is 20.1. The summed E-state index contributed by atoms with van der Waals surface area (Å²) in [6.45, 7) is 9.93. The van der Waals surface area contributed by atoms with E-state index in [0.29, 0.717) is 48.0 Å². The highest BCUT2D eigenvalue weighted by atomic mass is 16.5. The average molecular weight is 436 g/mol. The van der Waals surface area contributed by atoms with E-state index in [4.69, 9.17) is 10.5 Å². The van der Waals surface area contributed by atoms with Gasteiger partial charge < -0.3 is 20.7 Å². The van der Waals surface area contributed by atoms with Crippen molar-refractivity contribution in [2.75, 3.05) is 6.61 Å². The monoisotopic (exact) mass is 435 g/mol. The minimum Gasteiger partial charge on any atom is -0.450 e. The fourth-order valence-electron chi connectivity index (χ4n) is 9.48. The van der Waals surface area contributed by atoms with E-state index >= 15 is 0 Å². The van der Waals surface area contributed by atoms with Crippen LogP contribution in [0.1, 0.15) is 85.5 Å². The van der Waals surface area contributed by atoms with Crippen LogP contribution in [0.25, 0.3) is 0 Å². The number of primary amides is 1. The number of aliphatic hydroxyl groups is 2. The number of carbonyl (C=O) groups excluding carboxylic acids is 1. The van der Waals surface area contributed by atoms with Crippen molar-refractivity contribution in [3.05, 3.63) is 0 Å². The van der Waals surface area contributed by atoms with Gasteiger partial charge >= 0.3 is 6.09 Å². The molecule has 0 aromatic heterocycles. The maximum Gasteiger partial charge on any atom is 0.404 e. The molecule has 5 heteroatoms. The maximum atomic E-state index is 11.7. The maximum absolute atomic E-state index is 11.7. The van der Waals surface area contributed by atoms with Crippen LogP contribution in [0.2, 0.25) is 0 Å². The highest BCUT2D eigenvalue weighted by molar-refractivity contribution is 5.64. The van der Waals surface area contributed by atoms with Crippen LogP contribution in [0.5, 0.6) is 0 Å². The number of hydrogen-bond acceptors (Lipinski definition) is 4. The number of fused-ring (bicyclic) bond motifs is 5. The third-order valence-electron chi connectivity index (χ3n) is 11.0. The molecule has 3 unspecified atom stereocenters. The van der Waals surface area contributed by atoms with Crippen LogP contribution >= 0.6 is 0 Å². The molecular formula is C26H45NO4. The van der Waals surface area contributed by atoms with Crippen molar-refractivity contribution >= 4 is 6.09 Å². The van der Waals surface area contributed by atoms with E-state index in [-0.39, 0.29) is 23.0 Å². The van der Waals surface area contributed by atoms with Gasteiger partial charge in [0.05, 0.1) is 18.8 Å². The highest BCUT2D eigenvalue weighted by Gasteiger charge is 2.64. The first-order valence-electron chi connectivity index (χ1n) is 12.9. The Morgan fingerprint density at radius 3 is 2.42 bits per heavy atom. The summed E-state index contributed by atoms with van der Waals surface area (Å²) in [5, 5.41) is 22.2. The van der Waals surface area contributed by atoms with Crippen LogP contribution in [0.3, 0.4) is 0 Å². The molecule has 5 nitrogen and oxygen atoms in total. The predicted molar refractivity (Wildman–Crippen MR) is 121 cm³/mol. The Morgan fingerprint density at radius 2 is 1.74 bits per heavy atom. The van der Waals surface area contributed by atoms with Gasteiger partial charge in [-0.05, 0) is 104 Å². The molecule has 4 saturated carbocycles. The number of amides is 1. The van der Waals surface area contributed by atoms with E-state index in [1.807, 2.05) is 0 Å². The summed E-state index contributed by atoms with van der Waals surface area (Å²) in [7, 11) is 0. The normalized spacial score (nSPS) is 50.1. The summed E-state index contributed by atoms with van der Waals surface area (Å²) in [5.74, 6) is 3.40. The molecule has 4 rings (SSSR count). The van der Waals surface area contributed by atoms with Gasteiger partial charge in [0.2, 0.25) is 0 Å². The Morgan fingerprint density at radius 1 is 1.06 bits per heavy atom. The lowest BCUT2D eigenvalue weighted by Gasteiger charge is -2.64. The molecule has 0 radical (unpaired) electrons. The zero-order valence-electron chi connectivity index (χ0n) is 20.1. The van der Waals surface area contributed by atoms with Crippen molar-refractivity contribution < 1.29 is 19.7 Å². The van der Waals surface area contributed by atoms with Gasteiger partial charge in [0.25, 0.3) is 0 Å². The van der Waals surface area contributed by atoms with Crippen LogP contribution in [0.4, 0.5) is 4.79 Å². The number of nitrogens with two attached hydrogens (primary N) is 1. The van der Waals surface area contributed by atoms with E-state index in [1.54, 1.807) is 0 Å². The molecule has 4 aliphatic rings. The zero-order chi connectivity index (χ0) is 22.6. The van der Waals surface area contributed by atoms with Crippen molar-refractivity contribution in [3.8, 4) is 0 Å². The van der Waals surface area contributed by atoms with E-state index < -0.39 is 6.09 Å². The van der Waals surface area contributed by atoms with Crippen LogP contribution in [-0.4, -0.2) is 35.1 Å². The van der Waals surface area contributed by atoms with Crippen LogP contribution < -0.4 is 5.73 Å². The molecule has 178 valence electrons. The van der Waals surface area contributed by atoms with E-state index in [1.165, 1.54) is 25.7 Å². The molecule has 0 bridgehead atoms. The molecule has 4 aliphatic carbocycles. The lowest BCUT2D eigenvalue weighted by molar-refractivity contribution is -0.203. The van der Waals surface area contributed by atoms with E-state index in [0.717, 1.165) is 32.1 Å². The van der Waals surface area contributed by atoms with Gasteiger partial charge in [-0.25, -0.2) is 4.79 Å². The molecule has 0 heterocycles. The van der Waals surface area contributed by atoms with E-state index in [9.17, 15) is 15.0 Å². The number of aliphatic hydroxyl groups excluding tert-OH is 2. The fourth-order valence-corrected chi connectivity index (χ4v) is 9.48. The summed E-state index contributed by atoms with van der Waals surface area (Å²) in [6, 6.07) is 0. The smallest absolute Gasteiger partial charge is 0.404 e. The molecule has 0 aromatic rings. The van der Waals surface area contributed by atoms with Crippen molar-refractivity contribution in [1.29, 1.82) is 0 Å². The van der Waals surface area contributed by atoms with Crippen molar-refractivity contribution in [2.45, 2.75) is 97.7 Å². The lowest BCUT2D eigenvalue weighted by Crippen LogP contribution is -2.62. The Hall–Kier alpha value is -0.810. The first kappa shape index (κ1) is 23.4. The van der Waals surface area contributed by atoms with Crippen LogP contribution in [0.15, 0.2) is 0 Å². The molecule has 4 N–H and O–H groups in total. The lowest BCUT2D eigenvalue weighted by atomic mass is 9.41. The van der Waals surface area contributed by atoms with E-state index in [2.05, 4.69) is 27.7 Å². The topological polar surface area (TPSA) is 92.8 Å². The Labute approximate surface area is 188 Å². The first-order chi connectivity index (χ1) is 14.6. The summed E-state index contributed by atoms with van der Waals surface area (Å²) in [5.41, 5.74) is 5.66. The predicted octanol–water partition coefficient (Wildman–Crippen LogP) is 4.73. The minimum absolute atomic E-state index is 0.191. The number of rotatable bonds is 5. The largest absolute Gasteiger partial charge is 0.450 e. The fraction of sp³-hybridized carbons (Fsp3) is 0.962. The van der Waals surface area contributed by atoms with Gasteiger partial charge in [-0.2, -0.15) is 0 Å². The molecular weight excluding hydrogens is 390 g/mol. The molecule has 0 aromatic carbocycles. The van der Waals surface area contributed by atoms with Gasteiger partial charge in [0.1, 0.15) is 0 Å². The summed E-state index contributed by atoms with van der Waals surface area (Å²) >= 11 is 0. The highest BCUT2D eigenvalue weighted by Crippen LogP contribution is 2.69. The van der Waals surface area contributed by atoms with Crippen molar-refractivity contribution in [3.63, 3.8) is 0 Å². The third kappa shape index (κ3) is 3.72. The van der Waals surface area contributed by atoms with Gasteiger partial charge in [0, 0.05) is 0 Å². The first-order valence-corrected chi connectivity index (χ1v) is 12.9. The summed E-state index contributed by atoms with van der Waals surface area (Å²) in [6.07, 6.45) is 8.52. The second-order valence-corrected chi connectivity index (χ2v) is 12.1. The Kier molecular flexibility index (Phi) is 6.42. The molecule has 4 fully saturated rings. The van der Waals surface area contributed by atoms with Crippen molar-refractivity contribution in [2.24, 2.45) is 58.0 Å². The van der Waals surface area contributed by atoms with Gasteiger partial charge in [-0.15, -0.1) is 0 Å². The van der Waals surface area contributed by atoms with Gasteiger partial charge in [0.15, 0.2) is 0 Å². The number of ether oxygens (including phenoxy) is 1. The number of hydrogen-bond donors (Lipinski definition) is 3. The molecule has 1 amide bonds. The Bertz CT molecular complexity index is 670. The minimum atomic E-state index is -0.681. The molecule has 31 heavy (non-hydrogen) atoms. The SMILES string of the molecule is CC[C@@H]1C2C[C@H](O)CCC2(C)[C@H]2CCC3(C)[C@@H]([C@H](C)CCOC(N)=O)CC[C@H]3[C@@H]2[C@@H]1O. The average Bonchev–Trinajstić information content (AvgIpc) is 3.06. The van der Waals surface area contributed by atoms with Gasteiger partial charge in [-0.1, -0.05) is 34.1 Å². The second-order valence-electron chi connectivity index (χ2n) is 12.1. The molecule has 0 saturated heterocycles. The second kappa shape index (κ2) is 8.52. The standard InChI is InChI=1S/C26H45NO4/c1-5-17-21-14-16(28)8-11-26(21,4)20-9-12-25(3)18(15(2)10-13-31-24(27)30)6-7-19(25)22(20)23(17)29/h15-23,28-29H,5-14H2,1-4H3,(H2,27,30)/t15-,16-,17-,18-,19+,20+,21?,22+,23-,25?,26?/m1/s1. The summed E-state index contributed by atoms with van der Waals surface area (Å²) < 4.78 is 5.03. The quantitative estimate of drug-likeness (QED) is 0.582. The summed E-state index contributed by atoms with van der Waals surface area (Å²) in [4.78, 5) is 11.0. The molecule has 0 aliphatic heterocycles. The van der Waals surface area contributed by atoms with Crippen LogP contribution in [0, 0.1) is 52.3 Å². The number of carbonyl (C=O) groups is 1. The Balaban J connectivity index is 1.57.